The number of para-hydroxylation sites is 1. The molecule has 0 aliphatic carbocycles. The first-order chi connectivity index (χ1) is 6.36. The van der Waals surface area contributed by atoms with Crippen LogP contribution in [-0.2, 0) is 0 Å². The minimum atomic E-state index is 0.545. The van der Waals surface area contributed by atoms with Crippen molar-refractivity contribution in [2.24, 2.45) is 0 Å². The van der Waals surface area contributed by atoms with Crippen molar-refractivity contribution < 1.29 is 4.42 Å². The number of benzene rings is 1. The second-order valence-corrected chi connectivity index (χ2v) is 2.65. The molecule has 62 valence electrons. The summed E-state index contributed by atoms with van der Waals surface area (Å²) in [7, 11) is 0. The first-order valence-corrected chi connectivity index (χ1v) is 3.91. The molecule has 0 radical (unpaired) electrons. The topological polar surface area (TPSA) is 36.9 Å². The Balaban J connectivity index is 2.91. The number of nitrogens with zero attached hydrogens (tertiary/aromatic N) is 1. The van der Waals surface area contributed by atoms with Gasteiger partial charge in [-0.1, -0.05) is 18.7 Å². The molecule has 2 heteroatoms. The lowest BCUT2D eigenvalue weighted by molar-refractivity contribution is 0.603. The number of nitriles is 1. The van der Waals surface area contributed by atoms with Crippen LogP contribution in [0.3, 0.4) is 0 Å². The number of fused-ring (bicyclic) bond motifs is 1. The van der Waals surface area contributed by atoms with E-state index < -0.39 is 0 Å². The molecule has 2 aromatic rings. The highest BCUT2D eigenvalue weighted by atomic mass is 16.3. The molecular weight excluding hydrogens is 162 g/mol. The van der Waals surface area contributed by atoms with Gasteiger partial charge in [0, 0.05) is 5.39 Å². The van der Waals surface area contributed by atoms with Gasteiger partial charge < -0.3 is 4.42 Å². The van der Waals surface area contributed by atoms with E-state index in [2.05, 4.69) is 12.6 Å². The minimum Gasteiger partial charge on any atom is -0.455 e. The van der Waals surface area contributed by atoms with E-state index in [4.69, 9.17) is 9.68 Å². The van der Waals surface area contributed by atoms with Crippen LogP contribution < -0.4 is 0 Å². The lowest BCUT2D eigenvalue weighted by Gasteiger charge is -1.83. The number of hydrogen-bond donors (Lipinski definition) is 0. The van der Waals surface area contributed by atoms with Crippen LogP contribution in [-0.4, -0.2) is 0 Å². The molecule has 0 unspecified atom stereocenters. The molecule has 0 aliphatic heterocycles. The summed E-state index contributed by atoms with van der Waals surface area (Å²) in [5, 5.41) is 9.73. The molecule has 13 heavy (non-hydrogen) atoms. The summed E-state index contributed by atoms with van der Waals surface area (Å²) in [6.07, 6.45) is 1.55. The fourth-order valence-electron chi connectivity index (χ4n) is 1.32. The van der Waals surface area contributed by atoms with Crippen molar-refractivity contribution in [3.05, 3.63) is 42.2 Å². The Morgan fingerprint density at radius 2 is 2.15 bits per heavy atom. The standard InChI is InChI=1S/C11H7NO/c1-2-10-9(7-12)8-5-3-4-6-11(8)13-10/h2-6H,1H2. The van der Waals surface area contributed by atoms with Gasteiger partial charge in [0.25, 0.3) is 0 Å². The van der Waals surface area contributed by atoms with Crippen LogP contribution in [0.15, 0.2) is 35.3 Å². The number of furan rings is 1. The molecule has 0 saturated heterocycles. The molecule has 2 nitrogen and oxygen atoms in total. The summed E-state index contributed by atoms with van der Waals surface area (Å²) >= 11 is 0. The van der Waals surface area contributed by atoms with Gasteiger partial charge in [-0.25, -0.2) is 0 Å². The highest BCUT2D eigenvalue weighted by molar-refractivity contribution is 5.87. The van der Waals surface area contributed by atoms with Gasteiger partial charge in [0.2, 0.25) is 0 Å². The maximum Gasteiger partial charge on any atom is 0.145 e. The number of hydrogen-bond acceptors (Lipinski definition) is 2. The van der Waals surface area contributed by atoms with E-state index >= 15 is 0 Å². The van der Waals surface area contributed by atoms with Gasteiger partial charge in [-0.05, 0) is 18.2 Å². The minimum absolute atomic E-state index is 0.545. The van der Waals surface area contributed by atoms with Crippen molar-refractivity contribution in [3.63, 3.8) is 0 Å². The normalized spacial score (nSPS) is 9.77. The predicted molar refractivity (Wildman–Crippen MR) is 51.0 cm³/mol. The zero-order chi connectivity index (χ0) is 9.26. The van der Waals surface area contributed by atoms with Crippen LogP contribution >= 0.6 is 0 Å². The first kappa shape index (κ1) is 7.63. The van der Waals surface area contributed by atoms with Gasteiger partial charge in [-0.15, -0.1) is 0 Å². The average Bonchev–Trinajstić information content (AvgIpc) is 2.55. The van der Waals surface area contributed by atoms with Crippen molar-refractivity contribution in [3.8, 4) is 6.07 Å². The second-order valence-electron chi connectivity index (χ2n) is 2.65. The zero-order valence-corrected chi connectivity index (χ0v) is 6.95. The molecule has 0 bridgehead atoms. The second kappa shape index (κ2) is 2.80. The van der Waals surface area contributed by atoms with Crippen LogP contribution in [0.1, 0.15) is 11.3 Å². The average molecular weight is 169 g/mol. The molecule has 0 saturated carbocycles. The Morgan fingerprint density at radius 3 is 2.85 bits per heavy atom. The molecule has 0 spiro atoms. The molecule has 0 atom stereocenters. The lowest BCUT2D eigenvalue weighted by atomic mass is 10.1. The maximum absolute atomic E-state index is 8.88. The van der Waals surface area contributed by atoms with Gasteiger partial charge in [-0.3, -0.25) is 0 Å². The third-order valence-electron chi connectivity index (χ3n) is 1.92. The summed E-state index contributed by atoms with van der Waals surface area (Å²) in [5.41, 5.74) is 1.29. The Morgan fingerprint density at radius 1 is 1.38 bits per heavy atom. The molecule has 0 N–H and O–H groups in total. The zero-order valence-electron chi connectivity index (χ0n) is 6.95. The summed E-state index contributed by atoms with van der Waals surface area (Å²) in [4.78, 5) is 0. The van der Waals surface area contributed by atoms with E-state index in [9.17, 15) is 0 Å². The summed E-state index contributed by atoms with van der Waals surface area (Å²) in [6.45, 7) is 3.59. The summed E-state index contributed by atoms with van der Waals surface area (Å²) < 4.78 is 5.40. The molecular formula is C11H7NO. The SMILES string of the molecule is C=Cc1oc2ccccc2c1C#N. The summed E-state index contributed by atoms with van der Waals surface area (Å²) in [6, 6.07) is 9.56. The van der Waals surface area contributed by atoms with Crippen molar-refractivity contribution in [1.29, 1.82) is 5.26 Å². The van der Waals surface area contributed by atoms with Crippen molar-refractivity contribution >= 4 is 17.0 Å². The van der Waals surface area contributed by atoms with Gasteiger partial charge in [0.15, 0.2) is 0 Å². The fourth-order valence-corrected chi connectivity index (χ4v) is 1.32. The van der Waals surface area contributed by atoms with Crippen LogP contribution in [0.4, 0.5) is 0 Å². The predicted octanol–water partition coefficient (Wildman–Crippen LogP) is 2.95. The van der Waals surface area contributed by atoms with Gasteiger partial charge in [-0.2, -0.15) is 5.26 Å². The molecule has 0 fully saturated rings. The molecule has 1 aromatic carbocycles. The van der Waals surface area contributed by atoms with Crippen molar-refractivity contribution in [1.82, 2.24) is 0 Å². The molecule has 1 aromatic heterocycles. The third-order valence-corrected chi connectivity index (χ3v) is 1.92. The molecule has 1 heterocycles. The van der Waals surface area contributed by atoms with E-state index in [1.165, 1.54) is 0 Å². The van der Waals surface area contributed by atoms with Crippen LogP contribution in [0, 0.1) is 11.3 Å². The van der Waals surface area contributed by atoms with Gasteiger partial charge in [0.05, 0.1) is 0 Å². The number of rotatable bonds is 1. The fraction of sp³-hybridized carbons (Fsp3) is 0. The Hall–Kier alpha value is -2.01. The largest absolute Gasteiger partial charge is 0.455 e. The van der Waals surface area contributed by atoms with Gasteiger partial charge in [0.1, 0.15) is 23.0 Å². The highest BCUT2D eigenvalue weighted by Gasteiger charge is 2.09. The van der Waals surface area contributed by atoms with E-state index in [-0.39, 0.29) is 0 Å². The van der Waals surface area contributed by atoms with Crippen LogP contribution in [0.25, 0.3) is 17.0 Å². The van der Waals surface area contributed by atoms with E-state index in [1.807, 2.05) is 24.3 Å². The van der Waals surface area contributed by atoms with Crippen LogP contribution in [0.5, 0.6) is 0 Å². The molecule has 2 rings (SSSR count). The van der Waals surface area contributed by atoms with Crippen molar-refractivity contribution in [2.45, 2.75) is 0 Å². The van der Waals surface area contributed by atoms with E-state index in [0.717, 1.165) is 11.0 Å². The molecule has 0 aliphatic rings. The van der Waals surface area contributed by atoms with E-state index in [0.29, 0.717) is 11.3 Å². The van der Waals surface area contributed by atoms with Crippen LogP contribution in [0.2, 0.25) is 0 Å². The Labute approximate surface area is 75.7 Å². The smallest absolute Gasteiger partial charge is 0.145 e. The Kier molecular flexibility index (Phi) is 1.64. The lowest BCUT2D eigenvalue weighted by Crippen LogP contribution is -1.72. The van der Waals surface area contributed by atoms with E-state index in [1.54, 1.807) is 6.08 Å². The maximum atomic E-state index is 8.88. The first-order valence-electron chi connectivity index (χ1n) is 3.91. The quantitative estimate of drug-likeness (QED) is 0.658. The Bertz CT molecular complexity index is 502. The van der Waals surface area contributed by atoms with Gasteiger partial charge >= 0.3 is 0 Å². The summed E-state index contributed by atoms with van der Waals surface area (Å²) in [5.74, 6) is 0.545. The highest BCUT2D eigenvalue weighted by Crippen LogP contribution is 2.25. The monoisotopic (exact) mass is 169 g/mol. The third kappa shape index (κ3) is 1.02. The van der Waals surface area contributed by atoms with Crippen molar-refractivity contribution in [2.75, 3.05) is 0 Å². The molecule has 0 amide bonds.